The maximum atomic E-state index is 12.1. The van der Waals surface area contributed by atoms with Gasteiger partial charge in [-0.25, -0.2) is 0 Å². The summed E-state index contributed by atoms with van der Waals surface area (Å²) >= 11 is 5.63. The SMILES string of the molecule is Cc1ccc(S(=O)(=O)Oc2ccc(/C(Cl)=N/O)cc2)cc1. The van der Waals surface area contributed by atoms with Crippen LogP contribution in [-0.4, -0.2) is 18.8 Å². The average Bonchev–Trinajstić information content (AvgIpc) is 2.47. The van der Waals surface area contributed by atoms with E-state index >= 15 is 0 Å². The van der Waals surface area contributed by atoms with Crippen LogP contribution in [0.3, 0.4) is 0 Å². The first-order valence-corrected chi connectivity index (χ1v) is 7.70. The molecule has 0 aliphatic heterocycles. The van der Waals surface area contributed by atoms with Gasteiger partial charge in [-0.1, -0.05) is 34.5 Å². The highest BCUT2D eigenvalue weighted by Gasteiger charge is 2.16. The van der Waals surface area contributed by atoms with Crippen molar-refractivity contribution in [2.75, 3.05) is 0 Å². The molecule has 0 atom stereocenters. The molecule has 2 rings (SSSR count). The lowest BCUT2D eigenvalue weighted by Crippen LogP contribution is -2.09. The number of hydrogen-bond acceptors (Lipinski definition) is 5. The van der Waals surface area contributed by atoms with Crippen molar-refractivity contribution >= 4 is 26.9 Å². The van der Waals surface area contributed by atoms with Crippen molar-refractivity contribution in [2.24, 2.45) is 5.16 Å². The summed E-state index contributed by atoms with van der Waals surface area (Å²) in [7, 11) is -3.88. The molecule has 0 radical (unpaired) electrons. The summed E-state index contributed by atoms with van der Waals surface area (Å²) in [5.74, 6) is 0.140. The van der Waals surface area contributed by atoms with Gasteiger partial charge < -0.3 is 9.39 Å². The van der Waals surface area contributed by atoms with Gasteiger partial charge in [-0.15, -0.1) is 0 Å². The molecule has 0 aromatic heterocycles. The Morgan fingerprint density at radius 2 is 1.67 bits per heavy atom. The molecule has 0 aliphatic carbocycles. The summed E-state index contributed by atoms with van der Waals surface area (Å²) in [4.78, 5) is 0.0760. The third-order valence-corrected chi connectivity index (χ3v) is 4.25. The summed E-state index contributed by atoms with van der Waals surface area (Å²) in [6.45, 7) is 1.86. The second kappa shape index (κ2) is 6.15. The summed E-state index contributed by atoms with van der Waals surface area (Å²) in [5.41, 5.74) is 1.40. The average molecular weight is 326 g/mol. The van der Waals surface area contributed by atoms with Crippen LogP contribution >= 0.6 is 11.6 Å². The van der Waals surface area contributed by atoms with E-state index in [9.17, 15) is 8.42 Å². The van der Waals surface area contributed by atoms with E-state index in [-0.39, 0.29) is 15.8 Å². The van der Waals surface area contributed by atoms with Gasteiger partial charge in [-0.3, -0.25) is 0 Å². The van der Waals surface area contributed by atoms with Gasteiger partial charge in [0, 0.05) is 5.56 Å². The van der Waals surface area contributed by atoms with Crippen LogP contribution in [0.25, 0.3) is 0 Å². The first-order valence-electron chi connectivity index (χ1n) is 5.91. The van der Waals surface area contributed by atoms with Crippen molar-refractivity contribution in [3.8, 4) is 5.75 Å². The quantitative estimate of drug-likeness (QED) is 0.405. The molecule has 0 aliphatic rings. The van der Waals surface area contributed by atoms with Crippen molar-refractivity contribution < 1.29 is 17.8 Å². The van der Waals surface area contributed by atoms with E-state index in [4.69, 9.17) is 21.0 Å². The van der Waals surface area contributed by atoms with Crippen LogP contribution in [0.15, 0.2) is 58.6 Å². The Balaban J connectivity index is 2.23. The molecular weight excluding hydrogens is 314 g/mol. The predicted octanol–water partition coefficient (Wildman–Crippen LogP) is 3.14. The Morgan fingerprint density at radius 1 is 1.10 bits per heavy atom. The van der Waals surface area contributed by atoms with Crippen LogP contribution < -0.4 is 4.18 Å². The first kappa shape index (κ1) is 15.3. The molecule has 5 nitrogen and oxygen atoms in total. The van der Waals surface area contributed by atoms with Crippen molar-refractivity contribution in [3.63, 3.8) is 0 Å². The van der Waals surface area contributed by atoms with E-state index < -0.39 is 10.1 Å². The van der Waals surface area contributed by atoms with Crippen LogP contribution in [0, 0.1) is 6.92 Å². The fourth-order valence-electron chi connectivity index (χ4n) is 1.59. The standard InChI is InChI=1S/C14H12ClNO4S/c1-10-2-8-13(9-3-10)21(18,19)20-12-6-4-11(5-7-12)14(15)16-17/h2-9,17H,1H3/b16-14-. The Labute approximate surface area is 127 Å². The highest BCUT2D eigenvalue weighted by molar-refractivity contribution is 7.87. The lowest BCUT2D eigenvalue weighted by Gasteiger charge is -2.07. The van der Waals surface area contributed by atoms with Crippen LogP contribution in [-0.2, 0) is 10.1 Å². The number of oxime groups is 1. The lowest BCUT2D eigenvalue weighted by atomic mass is 10.2. The molecule has 110 valence electrons. The minimum Gasteiger partial charge on any atom is -0.410 e. The molecule has 0 fully saturated rings. The number of halogens is 1. The van der Waals surface area contributed by atoms with E-state index in [2.05, 4.69) is 5.16 Å². The maximum Gasteiger partial charge on any atom is 0.339 e. The third-order valence-electron chi connectivity index (χ3n) is 2.70. The number of benzene rings is 2. The van der Waals surface area contributed by atoms with Crippen LogP contribution in [0.2, 0.25) is 0 Å². The minimum absolute atomic E-state index is 0.0760. The fraction of sp³-hybridized carbons (Fsp3) is 0.0714. The third kappa shape index (κ3) is 3.74. The largest absolute Gasteiger partial charge is 0.410 e. The summed E-state index contributed by atoms with van der Waals surface area (Å²) in [6.07, 6.45) is 0. The topological polar surface area (TPSA) is 76.0 Å². The first-order chi connectivity index (χ1) is 9.92. The minimum atomic E-state index is -3.88. The van der Waals surface area contributed by atoms with Gasteiger partial charge in [-0.05, 0) is 43.3 Å². The number of rotatable bonds is 4. The van der Waals surface area contributed by atoms with Crippen LogP contribution in [0.1, 0.15) is 11.1 Å². The highest BCUT2D eigenvalue weighted by Crippen LogP contribution is 2.20. The van der Waals surface area contributed by atoms with Gasteiger partial charge in [0.2, 0.25) is 0 Å². The van der Waals surface area contributed by atoms with E-state index in [1.54, 1.807) is 12.1 Å². The molecular formula is C14H12ClNO4S. The van der Waals surface area contributed by atoms with Crippen LogP contribution in [0.4, 0.5) is 0 Å². The van der Waals surface area contributed by atoms with Gasteiger partial charge in [0.1, 0.15) is 10.6 Å². The summed E-state index contributed by atoms with van der Waals surface area (Å²) in [6, 6.07) is 12.2. The fourth-order valence-corrected chi connectivity index (χ4v) is 2.64. The van der Waals surface area contributed by atoms with Gasteiger partial charge in [0.15, 0.2) is 5.17 Å². The maximum absolute atomic E-state index is 12.1. The van der Waals surface area contributed by atoms with Gasteiger partial charge in [-0.2, -0.15) is 8.42 Å². The van der Waals surface area contributed by atoms with Gasteiger partial charge in [0.25, 0.3) is 0 Å². The smallest absolute Gasteiger partial charge is 0.339 e. The zero-order valence-corrected chi connectivity index (χ0v) is 12.6. The number of aryl methyl sites for hydroxylation is 1. The van der Waals surface area contributed by atoms with E-state index in [1.165, 1.54) is 36.4 Å². The zero-order valence-electron chi connectivity index (χ0n) is 11.0. The summed E-state index contributed by atoms with van der Waals surface area (Å²) < 4.78 is 29.2. The molecule has 21 heavy (non-hydrogen) atoms. The molecule has 0 amide bonds. The van der Waals surface area contributed by atoms with E-state index in [0.29, 0.717) is 5.56 Å². The molecule has 0 bridgehead atoms. The zero-order chi connectivity index (χ0) is 15.5. The predicted molar refractivity (Wildman–Crippen MR) is 79.6 cm³/mol. The van der Waals surface area contributed by atoms with Gasteiger partial charge in [0.05, 0.1) is 0 Å². The molecule has 0 saturated heterocycles. The molecule has 1 N–H and O–H groups in total. The van der Waals surface area contributed by atoms with Crippen molar-refractivity contribution in [1.82, 2.24) is 0 Å². The second-order valence-corrected chi connectivity index (χ2v) is 6.17. The normalized spacial score (nSPS) is 12.2. The van der Waals surface area contributed by atoms with Gasteiger partial charge >= 0.3 is 10.1 Å². The van der Waals surface area contributed by atoms with Crippen LogP contribution in [0.5, 0.6) is 5.75 Å². The summed E-state index contributed by atoms with van der Waals surface area (Å²) in [5, 5.41) is 11.3. The molecule has 0 heterocycles. The number of hydrogen-bond donors (Lipinski definition) is 1. The molecule has 2 aromatic rings. The molecule has 0 saturated carbocycles. The number of nitrogens with zero attached hydrogens (tertiary/aromatic N) is 1. The Kier molecular flexibility index (Phi) is 4.50. The van der Waals surface area contributed by atoms with Crippen molar-refractivity contribution in [1.29, 1.82) is 0 Å². The molecule has 2 aromatic carbocycles. The monoisotopic (exact) mass is 325 g/mol. The second-order valence-electron chi connectivity index (χ2n) is 4.27. The Hall–Kier alpha value is -2.05. The van der Waals surface area contributed by atoms with E-state index in [0.717, 1.165) is 5.56 Å². The highest BCUT2D eigenvalue weighted by atomic mass is 35.5. The Bertz CT molecular complexity index is 753. The molecule has 0 unspecified atom stereocenters. The van der Waals surface area contributed by atoms with E-state index in [1.807, 2.05) is 6.92 Å². The Morgan fingerprint density at radius 3 is 2.19 bits per heavy atom. The lowest BCUT2D eigenvalue weighted by molar-refractivity contribution is 0.321. The molecule has 7 heteroatoms. The van der Waals surface area contributed by atoms with Crippen molar-refractivity contribution in [2.45, 2.75) is 11.8 Å². The van der Waals surface area contributed by atoms with Crippen molar-refractivity contribution in [3.05, 3.63) is 59.7 Å². The molecule has 0 spiro atoms.